The lowest BCUT2D eigenvalue weighted by Gasteiger charge is -2.41. The summed E-state index contributed by atoms with van der Waals surface area (Å²) in [5.74, 6) is -0.340. The zero-order valence-corrected chi connectivity index (χ0v) is 17.2. The Bertz CT molecular complexity index is 944. The maximum atomic E-state index is 12.9. The molecule has 3 rings (SSSR count). The van der Waals surface area contributed by atoms with Crippen molar-refractivity contribution in [3.05, 3.63) is 63.6 Å². The highest BCUT2D eigenvalue weighted by Gasteiger charge is 2.44. The summed E-state index contributed by atoms with van der Waals surface area (Å²) in [5, 5.41) is 9.35. The van der Waals surface area contributed by atoms with Crippen LogP contribution in [0.5, 0.6) is 0 Å². The van der Waals surface area contributed by atoms with E-state index in [0.717, 1.165) is 22.2 Å². The average molecular weight is 467 g/mol. The van der Waals surface area contributed by atoms with Gasteiger partial charge in [0.1, 0.15) is 6.07 Å². The second-order valence-corrected chi connectivity index (χ2v) is 7.82. The van der Waals surface area contributed by atoms with Gasteiger partial charge in [0, 0.05) is 17.6 Å². The smallest absolute Gasteiger partial charge is 0.416 e. The van der Waals surface area contributed by atoms with E-state index in [-0.39, 0.29) is 11.5 Å². The first kappa shape index (κ1) is 21.2. The summed E-state index contributed by atoms with van der Waals surface area (Å²) >= 11 is 3.38. The van der Waals surface area contributed by atoms with Crippen LogP contribution in [0.4, 0.5) is 18.9 Å². The van der Waals surface area contributed by atoms with Crippen LogP contribution in [0.25, 0.3) is 0 Å². The molecule has 2 aromatic rings. The van der Waals surface area contributed by atoms with Crippen molar-refractivity contribution in [1.82, 2.24) is 0 Å². The summed E-state index contributed by atoms with van der Waals surface area (Å²) in [5.41, 5.74) is -0.442. The Morgan fingerprint density at radius 2 is 1.79 bits per heavy atom. The summed E-state index contributed by atoms with van der Waals surface area (Å²) in [6, 6.07) is 12.5. The number of alkyl halides is 3. The van der Waals surface area contributed by atoms with Gasteiger partial charge in [-0.25, -0.2) is 0 Å². The maximum Gasteiger partial charge on any atom is 0.416 e. The van der Waals surface area contributed by atoms with Gasteiger partial charge in [0.05, 0.1) is 29.3 Å². The molecule has 0 N–H and O–H groups in total. The van der Waals surface area contributed by atoms with E-state index in [0.29, 0.717) is 31.6 Å². The van der Waals surface area contributed by atoms with Crippen LogP contribution in [-0.4, -0.2) is 26.2 Å². The molecule has 152 valence electrons. The highest BCUT2D eigenvalue weighted by atomic mass is 79.9. The first-order valence-corrected chi connectivity index (χ1v) is 9.71. The molecule has 0 aromatic heterocycles. The summed E-state index contributed by atoms with van der Waals surface area (Å²) in [6.07, 6.45) is -3.66. The molecule has 2 aromatic carbocycles. The number of nitrogens with zero attached hydrogens (tertiary/aromatic N) is 2. The minimum Gasteiger partial charge on any atom is -0.468 e. The molecule has 0 atom stereocenters. The van der Waals surface area contributed by atoms with Crippen LogP contribution in [0.2, 0.25) is 0 Å². The molecule has 29 heavy (non-hydrogen) atoms. The summed E-state index contributed by atoms with van der Waals surface area (Å²) in [7, 11) is 1.35. The Kier molecular flexibility index (Phi) is 5.90. The molecule has 0 aliphatic carbocycles. The Morgan fingerprint density at radius 1 is 1.17 bits per heavy atom. The van der Waals surface area contributed by atoms with E-state index < -0.39 is 17.2 Å². The number of carbonyl (C=O) groups is 1. The van der Waals surface area contributed by atoms with Crippen LogP contribution in [0.3, 0.4) is 0 Å². The standard InChI is InChI=1S/C21H18BrF3N2O2/c1-29-19(28)20(15-2-5-17(22)6-3-15)8-10-27(11-9-20)18-7-4-16(21(23,24)25)12-14(18)13-26/h2-7,12H,8-11H2,1H3. The molecule has 8 heteroatoms. The number of ether oxygens (including phenoxy) is 1. The average Bonchev–Trinajstić information content (AvgIpc) is 2.72. The number of halogens is 4. The third kappa shape index (κ3) is 4.10. The third-order valence-corrected chi connectivity index (χ3v) is 5.90. The molecule has 0 saturated carbocycles. The van der Waals surface area contributed by atoms with Gasteiger partial charge in [0.15, 0.2) is 0 Å². The first-order valence-electron chi connectivity index (χ1n) is 8.92. The first-order chi connectivity index (χ1) is 13.7. The fourth-order valence-corrected chi connectivity index (χ4v) is 4.05. The van der Waals surface area contributed by atoms with Crippen LogP contribution in [0, 0.1) is 11.3 Å². The van der Waals surface area contributed by atoms with Gasteiger partial charge in [-0.05, 0) is 48.7 Å². The molecule has 0 bridgehead atoms. The predicted octanol–water partition coefficient (Wildman–Crippen LogP) is 5.05. The van der Waals surface area contributed by atoms with Gasteiger partial charge in [-0.1, -0.05) is 28.1 Å². The van der Waals surface area contributed by atoms with E-state index in [4.69, 9.17) is 4.74 Å². The monoisotopic (exact) mass is 466 g/mol. The van der Waals surface area contributed by atoms with Crippen molar-refractivity contribution in [2.24, 2.45) is 0 Å². The molecule has 1 aliphatic rings. The van der Waals surface area contributed by atoms with Gasteiger partial charge in [-0.3, -0.25) is 4.79 Å². The third-order valence-electron chi connectivity index (χ3n) is 5.37. The lowest BCUT2D eigenvalue weighted by molar-refractivity contribution is -0.148. The Hall–Kier alpha value is -2.53. The summed E-state index contributed by atoms with van der Waals surface area (Å²) in [4.78, 5) is 14.5. The molecule has 0 spiro atoms. The van der Waals surface area contributed by atoms with Crippen LogP contribution in [0.1, 0.15) is 29.5 Å². The van der Waals surface area contributed by atoms with Crippen molar-refractivity contribution >= 4 is 27.6 Å². The van der Waals surface area contributed by atoms with Crippen molar-refractivity contribution in [2.75, 3.05) is 25.1 Å². The van der Waals surface area contributed by atoms with E-state index in [1.807, 2.05) is 35.2 Å². The van der Waals surface area contributed by atoms with E-state index in [1.165, 1.54) is 13.2 Å². The van der Waals surface area contributed by atoms with E-state index in [1.54, 1.807) is 0 Å². The molecule has 0 radical (unpaired) electrons. The Morgan fingerprint density at radius 3 is 2.31 bits per heavy atom. The van der Waals surface area contributed by atoms with E-state index in [2.05, 4.69) is 15.9 Å². The van der Waals surface area contributed by atoms with Crippen LogP contribution in [0.15, 0.2) is 46.9 Å². The number of hydrogen-bond acceptors (Lipinski definition) is 4. The normalized spacial score (nSPS) is 16.2. The molecule has 1 fully saturated rings. The minimum atomic E-state index is -4.51. The van der Waals surface area contributed by atoms with Crippen LogP contribution < -0.4 is 4.90 Å². The maximum absolute atomic E-state index is 12.9. The molecule has 4 nitrogen and oxygen atoms in total. The molecule has 1 aliphatic heterocycles. The second kappa shape index (κ2) is 8.07. The number of hydrogen-bond donors (Lipinski definition) is 0. The van der Waals surface area contributed by atoms with Gasteiger partial charge in [0.25, 0.3) is 0 Å². The van der Waals surface area contributed by atoms with E-state index >= 15 is 0 Å². The molecular weight excluding hydrogens is 449 g/mol. The quantitative estimate of drug-likeness (QED) is 0.593. The number of carbonyl (C=O) groups excluding carboxylic acids is 1. The van der Waals surface area contributed by atoms with Gasteiger partial charge in [-0.2, -0.15) is 18.4 Å². The van der Waals surface area contributed by atoms with Crippen molar-refractivity contribution < 1.29 is 22.7 Å². The Labute approximate surface area is 175 Å². The van der Waals surface area contributed by atoms with Gasteiger partial charge in [-0.15, -0.1) is 0 Å². The topological polar surface area (TPSA) is 53.3 Å². The molecule has 1 heterocycles. The summed E-state index contributed by atoms with van der Waals surface area (Å²) < 4.78 is 44.8. The van der Waals surface area contributed by atoms with Crippen molar-refractivity contribution in [2.45, 2.75) is 24.4 Å². The number of anilines is 1. The number of methoxy groups -OCH3 is 1. The molecule has 0 amide bonds. The van der Waals surface area contributed by atoms with Crippen LogP contribution >= 0.6 is 15.9 Å². The molecule has 1 saturated heterocycles. The summed E-state index contributed by atoms with van der Waals surface area (Å²) in [6.45, 7) is 0.816. The number of benzene rings is 2. The van der Waals surface area contributed by atoms with Crippen molar-refractivity contribution in [3.63, 3.8) is 0 Å². The fourth-order valence-electron chi connectivity index (χ4n) is 3.78. The molecule has 0 unspecified atom stereocenters. The van der Waals surface area contributed by atoms with Gasteiger partial charge in [0.2, 0.25) is 0 Å². The number of rotatable bonds is 3. The van der Waals surface area contributed by atoms with Crippen molar-refractivity contribution in [1.29, 1.82) is 5.26 Å². The van der Waals surface area contributed by atoms with Crippen molar-refractivity contribution in [3.8, 4) is 6.07 Å². The fraction of sp³-hybridized carbons (Fsp3) is 0.333. The lowest BCUT2D eigenvalue weighted by atomic mass is 9.72. The van der Waals surface area contributed by atoms with Gasteiger partial charge >= 0.3 is 12.1 Å². The van der Waals surface area contributed by atoms with Gasteiger partial charge < -0.3 is 9.64 Å². The van der Waals surface area contributed by atoms with Crippen LogP contribution in [-0.2, 0) is 21.1 Å². The highest BCUT2D eigenvalue weighted by molar-refractivity contribution is 9.10. The number of esters is 1. The number of nitriles is 1. The zero-order chi connectivity index (χ0) is 21.2. The SMILES string of the molecule is COC(=O)C1(c2ccc(Br)cc2)CCN(c2ccc(C(F)(F)F)cc2C#N)CC1. The predicted molar refractivity (Wildman–Crippen MR) is 105 cm³/mol. The highest BCUT2D eigenvalue weighted by Crippen LogP contribution is 2.40. The zero-order valence-electron chi connectivity index (χ0n) is 15.6. The number of piperidine rings is 1. The molecular formula is C21H18BrF3N2O2. The minimum absolute atomic E-state index is 0.0333. The lowest BCUT2D eigenvalue weighted by Crippen LogP contribution is -2.48. The Balaban J connectivity index is 1.89. The second-order valence-electron chi connectivity index (χ2n) is 6.91. The van der Waals surface area contributed by atoms with E-state index in [9.17, 15) is 23.2 Å². The largest absolute Gasteiger partial charge is 0.468 e.